The van der Waals surface area contributed by atoms with E-state index in [9.17, 15) is 9.59 Å². The first kappa shape index (κ1) is 15.6. The van der Waals surface area contributed by atoms with Crippen LogP contribution in [0.1, 0.15) is 53.0 Å². The number of hydrogen-bond donors (Lipinski definition) is 3. The van der Waals surface area contributed by atoms with Gasteiger partial charge >= 0.3 is 0 Å². The molecule has 2 aliphatic rings. The van der Waals surface area contributed by atoms with Crippen LogP contribution in [0.15, 0.2) is 24.3 Å². The van der Waals surface area contributed by atoms with Gasteiger partial charge in [-0.25, -0.2) is 0 Å². The quantitative estimate of drug-likeness (QED) is 0.769. The number of nitrogens with two attached hydrogens (primary N) is 1. The fraction of sp³-hybridized carbons (Fsp3) is 0.412. The van der Waals surface area contributed by atoms with E-state index in [1.807, 2.05) is 23.1 Å². The molecule has 1 aromatic carbocycles. The van der Waals surface area contributed by atoms with E-state index in [1.165, 1.54) is 0 Å². The fourth-order valence-electron chi connectivity index (χ4n) is 3.66. The number of carbonyl (C=O) groups excluding carboxylic acids is 2. The van der Waals surface area contributed by atoms with Crippen LogP contribution in [-0.2, 0) is 4.79 Å². The molecule has 2 amide bonds. The molecule has 0 saturated carbocycles. The van der Waals surface area contributed by atoms with Crippen LogP contribution >= 0.6 is 0 Å². The van der Waals surface area contributed by atoms with E-state index >= 15 is 0 Å². The van der Waals surface area contributed by atoms with Crippen molar-refractivity contribution in [2.45, 2.75) is 31.2 Å². The van der Waals surface area contributed by atoms with Crippen molar-refractivity contribution in [3.05, 3.63) is 41.2 Å². The number of aromatic nitrogens is 3. The first-order valence-corrected chi connectivity index (χ1v) is 8.47. The lowest BCUT2D eigenvalue weighted by Crippen LogP contribution is -2.39. The third-order valence-electron chi connectivity index (χ3n) is 5.02. The van der Waals surface area contributed by atoms with E-state index in [4.69, 9.17) is 5.73 Å². The van der Waals surface area contributed by atoms with Gasteiger partial charge in [-0.3, -0.25) is 14.7 Å². The number of amides is 2. The molecule has 2 aliphatic heterocycles. The predicted octanol–water partition coefficient (Wildman–Crippen LogP) is 0.968. The summed E-state index contributed by atoms with van der Waals surface area (Å²) < 4.78 is 0. The fourth-order valence-corrected chi connectivity index (χ4v) is 3.66. The van der Waals surface area contributed by atoms with Gasteiger partial charge in [0, 0.05) is 24.6 Å². The van der Waals surface area contributed by atoms with E-state index in [0.29, 0.717) is 25.1 Å². The van der Waals surface area contributed by atoms with Gasteiger partial charge in [0.1, 0.15) is 5.82 Å². The number of anilines is 1. The Hall–Kier alpha value is -2.90. The molecule has 1 saturated heterocycles. The maximum Gasteiger partial charge on any atom is 0.252 e. The van der Waals surface area contributed by atoms with Crippen molar-refractivity contribution in [2.75, 3.05) is 18.8 Å². The second-order valence-electron chi connectivity index (χ2n) is 6.55. The van der Waals surface area contributed by atoms with Crippen molar-refractivity contribution < 1.29 is 9.59 Å². The molecule has 0 aliphatic carbocycles. The third kappa shape index (κ3) is 2.95. The molecule has 0 unspecified atom stereocenters. The summed E-state index contributed by atoms with van der Waals surface area (Å²) in [4.78, 5) is 30.7. The first-order valence-electron chi connectivity index (χ1n) is 8.47. The molecule has 8 heteroatoms. The Bertz CT molecular complexity index is 809. The van der Waals surface area contributed by atoms with Crippen LogP contribution in [-0.4, -0.2) is 45.0 Å². The van der Waals surface area contributed by atoms with Gasteiger partial charge in [-0.1, -0.05) is 18.2 Å². The highest BCUT2D eigenvalue weighted by atomic mass is 16.2. The van der Waals surface area contributed by atoms with Crippen LogP contribution in [0.4, 0.5) is 5.95 Å². The number of carbonyl (C=O) groups is 2. The summed E-state index contributed by atoms with van der Waals surface area (Å²) >= 11 is 0. The summed E-state index contributed by atoms with van der Waals surface area (Å²) in [6, 6.07) is 7.20. The summed E-state index contributed by atoms with van der Waals surface area (Å²) in [7, 11) is 0. The second-order valence-corrected chi connectivity index (χ2v) is 6.55. The lowest BCUT2D eigenvalue weighted by Gasteiger charge is -2.31. The van der Waals surface area contributed by atoms with Gasteiger partial charge in [0.05, 0.1) is 12.5 Å². The number of piperidine rings is 1. The minimum absolute atomic E-state index is 0.0672. The van der Waals surface area contributed by atoms with Gasteiger partial charge in [-0.05, 0) is 24.5 Å². The Labute approximate surface area is 144 Å². The van der Waals surface area contributed by atoms with E-state index in [-0.39, 0.29) is 29.7 Å². The van der Waals surface area contributed by atoms with Crippen molar-refractivity contribution in [3.63, 3.8) is 0 Å². The van der Waals surface area contributed by atoms with Gasteiger partial charge in [0.15, 0.2) is 0 Å². The molecule has 3 heterocycles. The van der Waals surface area contributed by atoms with Crippen LogP contribution < -0.4 is 11.1 Å². The monoisotopic (exact) mass is 340 g/mol. The highest BCUT2D eigenvalue weighted by Crippen LogP contribution is 2.30. The van der Waals surface area contributed by atoms with Crippen LogP contribution in [0.25, 0.3) is 0 Å². The number of hydrogen-bond acceptors (Lipinski definition) is 5. The first-order chi connectivity index (χ1) is 12.1. The molecule has 4 rings (SSSR count). The van der Waals surface area contributed by atoms with Crippen molar-refractivity contribution in [2.24, 2.45) is 0 Å². The summed E-state index contributed by atoms with van der Waals surface area (Å²) in [6.45, 7) is 1.35. The minimum atomic E-state index is -0.233. The molecular weight excluding hydrogens is 320 g/mol. The Morgan fingerprint density at radius 1 is 1.28 bits per heavy atom. The smallest absolute Gasteiger partial charge is 0.252 e. The minimum Gasteiger partial charge on any atom is -0.367 e. The number of fused-ring (bicyclic) bond motifs is 1. The molecular formula is C17H20N6O2. The number of H-pyrrole nitrogens is 1. The van der Waals surface area contributed by atoms with Crippen molar-refractivity contribution >= 4 is 17.8 Å². The van der Waals surface area contributed by atoms with Crippen LogP contribution in [0.2, 0.25) is 0 Å². The molecule has 1 atom stereocenters. The molecule has 1 fully saturated rings. The highest BCUT2D eigenvalue weighted by Gasteiger charge is 2.32. The summed E-state index contributed by atoms with van der Waals surface area (Å²) in [5.74, 6) is 1.26. The van der Waals surface area contributed by atoms with Crippen molar-refractivity contribution in [1.82, 2.24) is 25.4 Å². The summed E-state index contributed by atoms with van der Waals surface area (Å²) in [6.07, 6.45) is 1.95. The van der Waals surface area contributed by atoms with E-state index < -0.39 is 0 Å². The van der Waals surface area contributed by atoms with Crippen molar-refractivity contribution in [1.29, 1.82) is 0 Å². The summed E-state index contributed by atoms with van der Waals surface area (Å²) in [5.41, 5.74) is 7.13. The van der Waals surface area contributed by atoms with Gasteiger partial charge < -0.3 is 16.0 Å². The Kier molecular flexibility index (Phi) is 3.87. The number of aromatic amines is 1. The van der Waals surface area contributed by atoms with E-state index in [0.717, 1.165) is 24.2 Å². The molecule has 130 valence electrons. The topological polar surface area (TPSA) is 117 Å². The number of nitrogens with one attached hydrogen (secondary N) is 2. The molecule has 0 spiro atoms. The average molecular weight is 340 g/mol. The van der Waals surface area contributed by atoms with Crippen molar-refractivity contribution in [3.8, 4) is 0 Å². The lowest BCUT2D eigenvalue weighted by atomic mass is 9.95. The third-order valence-corrected chi connectivity index (χ3v) is 5.02. The highest BCUT2D eigenvalue weighted by molar-refractivity contribution is 5.99. The molecule has 0 radical (unpaired) electrons. The lowest BCUT2D eigenvalue weighted by molar-refractivity contribution is -0.132. The molecule has 8 nitrogen and oxygen atoms in total. The molecule has 0 bridgehead atoms. The number of rotatable bonds is 3. The SMILES string of the molecule is Nc1n[nH]c(C2CCN(C(=O)C[C@@H]3NC(=O)c4ccccc43)CC2)n1. The molecule has 2 aromatic rings. The Balaban J connectivity index is 1.36. The number of likely N-dealkylation sites (tertiary alicyclic amines) is 1. The average Bonchev–Trinajstić information content (AvgIpc) is 3.20. The maximum atomic E-state index is 12.6. The zero-order chi connectivity index (χ0) is 17.4. The van der Waals surface area contributed by atoms with Gasteiger partial charge in [0.2, 0.25) is 11.9 Å². The zero-order valence-electron chi connectivity index (χ0n) is 13.7. The van der Waals surface area contributed by atoms with Crippen LogP contribution in [0.3, 0.4) is 0 Å². The van der Waals surface area contributed by atoms with E-state index in [1.54, 1.807) is 6.07 Å². The number of nitrogens with zero attached hydrogens (tertiary/aromatic N) is 3. The molecule has 25 heavy (non-hydrogen) atoms. The molecule has 1 aromatic heterocycles. The number of nitrogen functional groups attached to an aromatic ring is 1. The molecule has 4 N–H and O–H groups in total. The zero-order valence-corrected chi connectivity index (χ0v) is 13.7. The largest absolute Gasteiger partial charge is 0.367 e. The Morgan fingerprint density at radius 3 is 2.76 bits per heavy atom. The maximum absolute atomic E-state index is 12.6. The summed E-state index contributed by atoms with van der Waals surface area (Å²) in [5, 5.41) is 9.62. The Morgan fingerprint density at radius 2 is 2.04 bits per heavy atom. The van der Waals surface area contributed by atoms with Gasteiger partial charge in [-0.2, -0.15) is 4.98 Å². The second kappa shape index (κ2) is 6.19. The van der Waals surface area contributed by atoms with Gasteiger partial charge in [-0.15, -0.1) is 5.10 Å². The normalized spacial score (nSPS) is 20.4. The van der Waals surface area contributed by atoms with Crippen LogP contribution in [0, 0.1) is 0 Å². The van der Waals surface area contributed by atoms with E-state index in [2.05, 4.69) is 20.5 Å². The predicted molar refractivity (Wildman–Crippen MR) is 90.6 cm³/mol. The number of benzene rings is 1. The standard InChI is InChI=1S/C17H20N6O2/c18-17-20-15(21-22-17)10-5-7-23(8-6-10)14(24)9-13-11-3-1-2-4-12(11)16(25)19-13/h1-4,10,13H,5-9H2,(H,19,25)(H3,18,20,21,22)/t13-/m0/s1. The van der Waals surface area contributed by atoms with Gasteiger partial charge in [0.25, 0.3) is 5.91 Å². The van der Waals surface area contributed by atoms with Crippen LogP contribution in [0.5, 0.6) is 0 Å².